The van der Waals surface area contributed by atoms with Crippen LogP contribution in [0.4, 0.5) is 0 Å². The minimum atomic E-state index is -0.416. The van der Waals surface area contributed by atoms with Crippen molar-refractivity contribution in [1.29, 1.82) is 0 Å². The minimum absolute atomic E-state index is 0.0597. The van der Waals surface area contributed by atoms with Gasteiger partial charge in [0.25, 0.3) is 0 Å². The minimum Gasteiger partial charge on any atom is -0.352 e. The first-order valence-corrected chi connectivity index (χ1v) is 8.30. The largest absolute Gasteiger partial charge is 0.352 e. The highest BCUT2D eigenvalue weighted by Crippen LogP contribution is 2.14. The van der Waals surface area contributed by atoms with Gasteiger partial charge in [-0.2, -0.15) is 16.9 Å². The van der Waals surface area contributed by atoms with Gasteiger partial charge < -0.3 is 11.1 Å². The van der Waals surface area contributed by atoms with E-state index in [2.05, 4.69) is 10.4 Å². The van der Waals surface area contributed by atoms with Crippen LogP contribution in [-0.2, 0) is 18.3 Å². The van der Waals surface area contributed by atoms with Gasteiger partial charge in [0.1, 0.15) is 0 Å². The highest BCUT2D eigenvalue weighted by molar-refractivity contribution is 7.98. The molecule has 1 rings (SSSR count). The number of amides is 1. The van der Waals surface area contributed by atoms with Crippen molar-refractivity contribution in [3.63, 3.8) is 0 Å². The van der Waals surface area contributed by atoms with Gasteiger partial charge in [0.2, 0.25) is 5.91 Å². The summed E-state index contributed by atoms with van der Waals surface area (Å²) in [5, 5.41) is 7.39. The van der Waals surface area contributed by atoms with Gasteiger partial charge in [0, 0.05) is 18.8 Å². The summed E-state index contributed by atoms with van der Waals surface area (Å²) in [7, 11) is 1.94. The summed E-state index contributed by atoms with van der Waals surface area (Å²) < 4.78 is 1.88. The maximum Gasteiger partial charge on any atom is 0.237 e. The zero-order valence-corrected chi connectivity index (χ0v) is 13.9. The van der Waals surface area contributed by atoms with Crippen LogP contribution in [0.15, 0.2) is 0 Å². The quantitative estimate of drug-likeness (QED) is 0.792. The van der Waals surface area contributed by atoms with E-state index in [0.29, 0.717) is 6.42 Å². The lowest BCUT2D eigenvalue weighted by atomic mass is 10.0. The number of carbonyl (C=O) groups excluding carboxylic acids is 1. The number of aryl methyl sites for hydroxylation is 2. The first kappa shape index (κ1) is 17.0. The van der Waals surface area contributed by atoms with E-state index < -0.39 is 6.04 Å². The molecule has 2 atom stereocenters. The highest BCUT2D eigenvalue weighted by Gasteiger charge is 2.18. The van der Waals surface area contributed by atoms with Gasteiger partial charge in [0.15, 0.2) is 0 Å². The Hall–Kier alpha value is -1.01. The number of hydrogen-bond acceptors (Lipinski definition) is 4. The summed E-state index contributed by atoms with van der Waals surface area (Å²) in [4.78, 5) is 12.0. The number of nitrogens with two attached hydrogens (primary N) is 1. The van der Waals surface area contributed by atoms with Crippen molar-refractivity contribution in [2.45, 2.75) is 45.7 Å². The van der Waals surface area contributed by atoms with Crippen LogP contribution >= 0.6 is 11.8 Å². The van der Waals surface area contributed by atoms with Crippen molar-refractivity contribution >= 4 is 17.7 Å². The van der Waals surface area contributed by atoms with Crippen molar-refractivity contribution in [3.05, 3.63) is 17.0 Å². The molecule has 1 amide bonds. The van der Waals surface area contributed by atoms with E-state index >= 15 is 0 Å². The summed E-state index contributed by atoms with van der Waals surface area (Å²) in [6.07, 6.45) is 3.51. The molecule has 0 spiro atoms. The molecule has 0 aliphatic heterocycles. The molecular formula is C14H26N4OS. The van der Waals surface area contributed by atoms with Crippen molar-refractivity contribution in [1.82, 2.24) is 15.1 Å². The van der Waals surface area contributed by atoms with Gasteiger partial charge in [-0.15, -0.1) is 0 Å². The number of nitrogens with one attached hydrogen (secondary N) is 1. The van der Waals surface area contributed by atoms with E-state index in [1.54, 1.807) is 11.8 Å². The van der Waals surface area contributed by atoms with Crippen LogP contribution in [0, 0.1) is 13.8 Å². The Balaban J connectivity index is 2.55. The molecule has 0 fully saturated rings. The van der Waals surface area contributed by atoms with E-state index in [-0.39, 0.29) is 11.9 Å². The van der Waals surface area contributed by atoms with E-state index in [1.807, 2.05) is 38.8 Å². The monoisotopic (exact) mass is 298 g/mol. The second-order valence-corrected chi connectivity index (χ2v) is 6.26. The van der Waals surface area contributed by atoms with Gasteiger partial charge in [-0.25, -0.2) is 0 Å². The third kappa shape index (κ3) is 4.52. The van der Waals surface area contributed by atoms with Gasteiger partial charge in [-0.05, 0) is 51.2 Å². The summed E-state index contributed by atoms with van der Waals surface area (Å²) in [5.74, 6) is 0.842. The van der Waals surface area contributed by atoms with Gasteiger partial charge in [-0.1, -0.05) is 0 Å². The Morgan fingerprint density at radius 3 is 2.65 bits per heavy atom. The summed E-state index contributed by atoms with van der Waals surface area (Å²) in [6, 6.07) is -0.356. The summed E-state index contributed by atoms with van der Waals surface area (Å²) in [5.41, 5.74) is 9.25. The maximum atomic E-state index is 12.0. The third-order valence-electron chi connectivity index (χ3n) is 3.53. The lowest BCUT2D eigenvalue weighted by Crippen LogP contribution is -2.45. The summed E-state index contributed by atoms with van der Waals surface area (Å²) >= 11 is 1.70. The number of nitrogens with zero attached hydrogens (tertiary/aromatic N) is 2. The predicted molar refractivity (Wildman–Crippen MR) is 85.0 cm³/mol. The summed E-state index contributed by atoms with van der Waals surface area (Å²) in [6.45, 7) is 6.06. The van der Waals surface area contributed by atoms with E-state index in [4.69, 9.17) is 5.73 Å². The second kappa shape index (κ2) is 7.69. The zero-order chi connectivity index (χ0) is 15.3. The van der Waals surface area contributed by atoms with Crippen molar-refractivity contribution in [2.75, 3.05) is 12.0 Å². The fourth-order valence-electron chi connectivity index (χ4n) is 2.20. The number of rotatable bonds is 7. The van der Waals surface area contributed by atoms with Gasteiger partial charge in [-0.3, -0.25) is 9.48 Å². The molecule has 0 saturated carbocycles. The van der Waals surface area contributed by atoms with Crippen molar-refractivity contribution in [3.8, 4) is 0 Å². The molecule has 0 aliphatic carbocycles. The molecule has 0 bridgehead atoms. The predicted octanol–water partition coefficient (Wildman–Crippen LogP) is 1.16. The molecule has 5 nitrogen and oxygen atoms in total. The number of hydrogen-bond donors (Lipinski definition) is 2. The molecule has 1 aromatic heterocycles. The van der Waals surface area contributed by atoms with Crippen LogP contribution in [0.5, 0.6) is 0 Å². The molecule has 114 valence electrons. The molecule has 0 radical (unpaired) electrons. The standard InChI is InChI=1S/C14H26N4OS/c1-9(16-14(19)13(15)6-7-20-5)8-12-10(2)17-18(4)11(12)3/h9,13H,6-8,15H2,1-5H3,(H,16,19)/t9?,13-/m0/s1. The fraction of sp³-hybridized carbons (Fsp3) is 0.714. The molecule has 1 unspecified atom stereocenters. The molecule has 0 saturated heterocycles. The Bertz CT molecular complexity index is 458. The van der Waals surface area contributed by atoms with E-state index in [0.717, 1.165) is 23.6 Å². The molecule has 1 heterocycles. The molecular weight excluding hydrogens is 272 g/mol. The Morgan fingerprint density at radius 2 is 2.15 bits per heavy atom. The Labute approximate surface area is 125 Å². The maximum absolute atomic E-state index is 12.0. The smallest absolute Gasteiger partial charge is 0.237 e. The third-order valence-corrected chi connectivity index (χ3v) is 4.17. The molecule has 6 heteroatoms. The van der Waals surface area contributed by atoms with Crippen molar-refractivity contribution in [2.24, 2.45) is 12.8 Å². The zero-order valence-electron chi connectivity index (χ0n) is 13.1. The van der Waals surface area contributed by atoms with Gasteiger partial charge >= 0.3 is 0 Å². The highest BCUT2D eigenvalue weighted by atomic mass is 32.2. The molecule has 0 aromatic carbocycles. The molecule has 1 aromatic rings. The first-order chi connectivity index (χ1) is 9.36. The molecule has 3 N–H and O–H groups in total. The van der Waals surface area contributed by atoms with Crippen molar-refractivity contribution < 1.29 is 4.79 Å². The van der Waals surface area contributed by atoms with E-state index in [1.165, 1.54) is 5.56 Å². The lowest BCUT2D eigenvalue weighted by Gasteiger charge is -2.17. The Kier molecular flexibility index (Phi) is 6.55. The van der Waals surface area contributed by atoms with Crippen LogP contribution in [-0.4, -0.2) is 39.8 Å². The normalized spacial score (nSPS) is 14.1. The average molecular weight is 298 g/mol. The number of aromatic nitrogens is 2. The fourth-order valence-corrected chi connectivity index (χ4v) is 2.69. The lowest BCUT2D eigenvalue weighted by molar-refractivity contribution is -0.122. The van der Waals surface area contributed by atoms with Crippen LogP contribution in [0.3, 0.4) is 0 Å². The van der Waals surface area contributed by atoms with Crippen LogP contribution in [0.1, 0.15) is 30.3 Å². The van der Waals surface area contributed by atoms with Gasteiger partial charge in [0.05, 0.1) is 11.7 Å². The Morgan fingerprint density at radius 1 is 1.50 bits per heavy atom. The second-order valence-electron chi connectivity index (χ2n) is 5.27. The number of thioether (sulfide) groups is 1. The van der Waals surface area contributed by atoms with E-state index in [9.17, 15) is 4.79 Å². The van der Waals surface area contributed by atoms with Crippen LogP contribution in [0.25, 0.3) is 0 Å². The SMILES string of the molecule is CSCC[C@H](N)C(=O)NC(C)Cc1c(C)nn(C)c1C. The average Bonchev–Trinajstić information content (AvgIpc) is 2.62. The first-order valence-electron chi connectivity index (χ1n) is 6.90. The number of carbonyl (C=O) groups is 1. The molecule has 20 heavy (non-hydrogen) atoms. The van der Waals surface area contributed by atoms with Crippen LogP contribution < -0.4 is 11.1 Å². The molecule has 0 aliphatic rings. The topological polar surface area (TPSA) is 72.9 Å². The van der Waals surface area contributed by atoms with Crippen LogP contribution in [0.2, 0.25) is 0 Å².